The summed E-state index contributed by atoms with van der Waals surface area (Å²) in [6, 6.07) is -0.133. The van der Waals surface area contributed by atoms with Crippen LogP contribution in [0.1, 0.15) is 153 Å². The van der Waals surface area contributed by atoms with Gasteiger partial charge in [0.25, 0.3) is 0 Å². The van der Waals surface area contributed by atoms with Gasteiger partial charge in [0.1, 0.15) is 6.10 Å². The number of carbonyl (C=O) groups is 2. The zero-order valence-corrected chi connectivity index (χ0v) is 40.9. The maximum atomic E-state index is 13.7. The van der Waals surface area contributed by atoms with E-state index >= 15 is 0 Å². The fourth-order valence-electron chi connectivity index (χ4n) is 16.5. The van der Waals surface area contributed by atoms with Crippen LogP contribution in [0.5, 0.6) is 0 Å². The summed E-state index contributed by atoms with van der Waals surface area (Å²) >= 11 is 0. The highest BCUT2D eigenvalue weighted by Crippen LogP contribution is 2.78. The molecule has 0 aromatic heterocycles. The summed E-state index contributed by atoms with van der Waals surface area (Å²) in [5, 5.41) is 13.4. The van der Waals surface area contributed by atoms with Gasteiger partial charge in [0.05, 0.1) is 28.6 Å². The summed E-state index contributed by atoms with van der Waals surface area (Å²) in [6.45, 7) is 24.2. The van der Waals surface area contributed by atoms with Crippen molar-refractivity contribution in [2.45, 2.75) is 176 Å². The molecule has 0 aromatic rings. The molecule has 11 nitrogen and oxygen atoms in total. The first kappa shape index (κ1) is 46.3. The fourth-order valence-corrected chi connectivity index (χ4v) is 18.5. The predicted octanol–water partition coefficient (Wildman–Crippen LogP) is 7.30. The van der Waals surface area contributed by atoms with Gasteiger partial charge < -0.3 is 15.2 Å². The molecule has 0 unspecified atom stereocenters. The van der Waals surface area contributed by atoms with Gasteiger partial charge in [-0.05, 0) is 154 Å². The summed E-state index contributed by atoms with van der Waals surface area (Å²) in [4.78, 5) is 27.8. The highest BCUT2D eigenvalue weighted by molar-refractivity contribution is 7.91. The van der Waals surface area contributed by atoms with Gasteiger partial charge in [0, 0.05) is 43.2 Å². The molecule has 1 aliphatic heterocycles. The maximum absolute atomic E-state index is 13.7. The summed E-state index contributed by atoms with van der Waals surface area (Å²) in [7, 11) is -6.56. The molecule has 8 rings (SSSR count). The molecule has 1 heterocycles. The third-order valence-corrected chi connectivity index (χ3v) is 24.6. The Labute approximate surface area is 368 Å². The van der Waals surface area contributed by atoms with Crippen LogP contribution in [0.3, 0.4) is 0 Å². The van der Waals surface area contributed by atoms with Crippen LogP contribution in [0.25, 0.3) is 0 Å². The number of nitrogens with zero attached hydrogens (tertiary/aromatic N) is 1. The second-order valence-corrected chi connectivity index (χ2v) is 29.2. The first-order valence-corrected chi connectivity index (χ1v) is 27.7. The van der Waals surface area contributed by atoms with E-state index in [9.17, 15) is 31.5 Å². The largest absolute Gasteiger partial charge is 0.481 e. The Hall–Kier alpha value is -1.28. The predicted molar refractivity (Wildman–Crippen MR) is 239 cm³/mol. The number of carboxylic acids is 1. The van der Waals surface area contributed by atoms with E-state index in [0.717, 1.165) is 32.1 Å². The zero-order chi connectivity index (χ0) is 44.6. The number of ether oxygens (including phenoxy) is 1. The minimum atomic E-state index is -3.48. The lowest BCUT2D eigenvalue weighted by Gasteiger charge is -2.73. The topological polar surface area (TPSA) is 159 Å². The van der Waals surface area contributed by atoms with Crippen molar-refractivity contribution in [3.63, 3.8) is 0 Å². The summed E-state index contributed by atoms with van der Waals surface area (Å²) in [5.41, 5.74) is 0.0286. The molecule has 8 fully saturated rings. The molecular weight excluding hydrogens is 811 g/mol. The van der Waals surface area contributed by atoms with Crippen LogP contribution >= 0.6 is 0 Å². The molecule has 0 amide bonds. The van der Waals surface area contributed by atoms with E-state index in [-0.39, 0.29) is 69.3 Å². The number of esters is 1. The number of hydrogen-bond acceptors (Lipinski definition) is 9. The van der Waals surface area contributed by atoms with Crippen molar-refractivity contribution in [3.8, 4) is 0 Å². The van der Waals surface area contributed by atoms with E-state index in [4.69, 9.17) is 4.74 Å². The Morgan fingerprint density at radius 1 is 0.754 bits per heavy atom. The van der Waals surface area contributed by atoms with Crippen LogP contribution < -0.4 is 10.0 Å². The van der Waals surface area contributed by atoms with Crippen molar-refractivity contribution in [3.05, 3.63) is 0 Å². The Morgan fingerprint density at radius 2 is 1.43 bits per heavy atom. The number of aliphatic carboxylic acids is 1. The average molecular weight is 892 g/mol. The molecular formula is C48H81N3O8S2. The van der Waals surface area contributed by atoms with Crippen LogP contribution in [-0.4, -0.2) is 99.4 Å². The maximum Gasteiger partial charge on any atom is 0.309 e. The third-order valence-electron chi connectivity index (χ3n) is 21.1. The van der Waals surface area contributed by atoms with Crippen LogP contribution in [-0.2, 0) is 34.2 Å². The molecule has 7 saturated carbocycles. The van der Waals surface area contributed by atoms with Gasteiger partial charge in [-0.2, -0.15) is 0 Å². The van der Waals surface area contributed by atoms with Crippen molar-refractivity contribution in [1.82, 2.24) is 14.9 Å². The number of fused-ring (bicyclic) bond motifs is 7. The first-order chi connectivity index (χ1) is 28.2. The summed E-state index contributed by atoms with van der Waals surface area (Å²) in [5.74, 6) is 1.10. The van der Waals surface area contributed by atoms with Gasteiger partial charge in [-0.25, -0.2) is 21.6 Å². The second-order valence-electron chi connectivity index (χ2n) is 24.6. The van der Waals surface area contributed by atoms with Gasteiger partial charge in [0.2, 0.25) is 10.0 Å². The first-order valence-electron chi connectivity index (χ1n) is 24.3. The molecule has 8 aliphatic rings. The minimum absolute atomic E-state index is 0.0226. The normalized spacial score (nSPS) is 45.0. The number of carboxylic acid groups (broad SMARTS) is 1. The summed E-state index contributed by atoms with van der Waals surface area (Å²) < 4.78 is 60.4. The Morgan fingerprint density at radius 3 is 2.03 bits per heavy atom. The number of carbonyl (C=O) groups excluding carboxylic acids is 1. The molecule has 7 aliphatic carbocycles. The van der Waals surface area contributed by atoms with E-state index in [1.165, 1.54) is 44.9 Å². The van der Waals surface area contributed by atoms with Gasteiger partial charge in [0.15, 0.2) is 9.84 Å². The van der Waals surface area contributed by atoms with Crippen molar-refractivity contribution >= 4 is 31.8 Å². The van der Waals surface area contributed by atoms with Crippen LogP contribution in [0, 0.1) is 73.9 Å². The molecule has 3 N–H and O–H groups in total. The van der Waals surface area contributed by atoms with Gasteiger partial charge >= 0.3 is 11.9 Å². The lowest BCUT2D eigenvalue weighted by Crippen LogP contribution is -2.69. The molecule has 13 atom stereocenters. The van der Waals surface area contributed by atoms with Crippen molar-refractivity contribution in [1.29, 1.82) is 0 Å². The highest BCUT2D eigenvalue weighted by atomic mass is 32.2. The summed E-state index contributed by atoms with van der Waals surface area (Å²) in [6.07, 6.45) is 14.1. The molecule has 61 heavy (non-hydrogen) atoms. The Kier molecular flexibility index (Phi) is 11.5. The molecule has 0 bridgehead atoms. The average Bonchev–Trinajstić information content (AvgIpc) is 3.78. The smallest absolute Gasteiger partial charge is 0.309 e. The molecule has 13 heteroatoms. The Balaban J connectivity index is 1.03. The van der Waals surface area contributed by atoms with Crippen LogP contribution in [0.15, 0.2) is 0 Å². The van der Waals surface area contributed by atoms with E-state index in [0.29, 0.717) is 61.1 Å². The van der Waals surface area contributed by atoms with E-state index in [1.807, 2.05) is 13.8 Å². The third kappa shape index (κ3) is 7.31. The number of hydrogen-bond donors (Lipinski definition) is 3. The number of nitrogens with one attached hydrogen (secondary N) is 2. The van der Waals surface area contributed by atoms with Crippen molar-refractivity contribution < 1.29 is 36.3 Å². The Bertz CT molecular complexity index is 1950. The van der Waals surface area contributed by atoms with Crippen molar-refractivity contribution in [2.24, 2.45) is 73.9 Å². The number of sulfone groups is 1. The molecule has 348 valence electrons. The fraction of sp³-hybridized carbons (Fsp3) is 0.958. The van der Waals surface area contributed by atoms with E-state index < -0.39 is 42.4 Å². The standard InChI is InChI=1S/C48H81N3O8S2/c1-30(2)61(57,58)50-29-31(51-23-25-60(55,56)26-24-51)28-49-48-18-13-32(44(7)19-20-44)39(48)33-11-12-37-45(8)16-15-38(59-41(54)35-27-34(40(52)53)42(35,3)4)43(5,6)36(45)14-17-47(37,10)46(33,9)21-22-48/h30-39,49-50H,11-29H2,1-10H3,(H,52,53)/t31-,32-,33-,34+,35-,36+,37-,38+,39-,45+,46-,47-,48+/m1/s1. The van der Waals surface area contributed by atoms with Crippen LogP contribution in [0.2, 0.25) is 0 Å². The van der Waals surface area contributed by atoms with Crippen LogP contribution in [0.4, 0.5) is 0 Å². The van der Waals surface area contributed by atoms with Gasteiger partial charge in [-0.1, -0.05) is 55.4 Å². The van der Waals surface area contributed by atoms with E-state index in [1.54, 1.807) is 13.8 Å². The van der Waals surface area contributed by atoms with E-state index in [2.05, 4.69) is 56.5 Å². The van der Waals surface area contributed by atoms with Crippen molar-refractivity contribution in [2.75, 3.05) is 37.7 Å². The minimum Gasteiger partial charge on any atom is -0.481 e. The lowest BCUT2D eigenvalue weighted by atomic mass is 9.32. The number of sulfonamides is 1. The second kappa shape index (κ2) is 15.1. The number of rotatable bonds is 12. The quantitative estimate of drug-likeness (QED) is 0.170. The molecule has 1 saturated heterocycles. The van der Waals surface area contributed by atoms with Gasteiger partial charge in [-0.3, -0.25) is 14.5 Å². The molecule has 0 spiro atoms. The van der Waals surface area contributed by atoms with Gasteiger partial charge in [-0.15, -0.1) is 0 Å². The molecule has 0 radical (unpaired) electrons. The zero-order valence-electron chi connectivity index (χ0n) is 39.3. The molecule has 0 aromatic carbocycles. The highest BCUT2D eigenvalue weighted by Gasteiger charge is 2.72. The lowest BCUT2D eigenvalue weighted by molar-refractivity contribution is -0.249. The SMILES string of the molecule is CC(C)S(=O)(=O)NC[C@@H](CN[C@]12CC[C@@H](C3(C)CC3)[C@@H]1[C@H]1CC[C@@H]3[C@@]4(C)CC[C@H](OC(=O)[C@H]5C[C@@H](C(=O)O)C5(C)C)C(C)(C)[C@@H]4CC[C@@]3(C)[C@]1(C)CC2)N1CCS(=O)(=O)CC1. The monoisotopic (exact) mass is 892 g/mol.